The molecule has 1 aliphatic carbocycles. The van der Waals surface area contributed by atoms with Crippen LogP contribution in [0.2, 0.25) is 0 Å². The number of nitrogens with zero attached hydrogens (tertiary/aromatic N) is 3. The van der Waals surface area contributed by atoms with Crippen LogP contribution in [0.4, 0.5) is 0 Å². The molecule has 2 fully saturated rings. The first-order chi connectivity index (χ1) is 13.7. The number of nitrogens with one attached hydrogen (secondary N) is 1. The number of likely N-dealkylation sites (tertiary alicyclic amines) is 1. The largest absolute Gasteiger partial charge is 0.332 e. The predicted octanol–water partition coefficient (Wildman–Crippen LogP) is 3.42. The molecule has 2 aliphatic heterocycles. The normalized spacial score (nSPS) is 28.4. The van der Waals surface area contributed by atoms with Gasteiger partial charge in [0.05, 0.1) is 17.3 Å². The fourth-order valence-electron chi connectivity index (χ4n) is 5.27. The lowest BCUT2D eigenvalue weighted by molar-refractivity contribution is -0.140. The molecule has 0 aromatic carbocycles. The van der Waals surface area contributed by atoms with Crippen molar-refractivity contribution in [3.63, 3.8) is 0 Å². The predicted molar refractivity (Wildman–Crippen MR) is 114 cm³/mol. The standard InChI is InChI=1S/C23H36N4O2/c1-15-7-9-16(10-8-15)26-13-11-18-17(14-26)21(28)25-20(24-18)19-6-5-12-27(19)22(29)23(2,3)4/h15-16,19H,5-14H2,1-4H3,(H,24,25,28). The van der Waals surface area contributed by atoms with Crippen LogP contribution in [-0.2, 0) is 17.8 Å². The maximum atomic E-state index is 13.0. The minimum atomic E-state index is -0.422. The Balaban J connectivity index is 1.54. The summed E-state index contributed by atoms with van der Waals surface area (Å²) in [6.45, 7) is 10.6. The Kier molecular flexibility index (Phi) is 5.58. The van der Waals surface area contributed by atoms with Crippen LogP contribution >= 0.6 is 0 Å². The topological polar surface area (TPSA) is 69.3 Å². The second kappa shape index (κ2) is 7.86. The first-order valence-electron chi connectivity index (χ1n) is 11.4. The van der Waals surface area contributed by atoms with Crippen molar-refractivity contribution in [2.75, 3.05) is 13.1 Å². The smallest absolute Gasteiger partial charge is 0.255 e. The van der Waals surface area contributed by atoms with Crippen LogP contribution in [0.5, 0.6) is 0 Å². The lowest BCUT2D eigenvalue weighted by Crippen LogP contribution is -2.44. The summed E-state index contributed by atoms with van der Waals surface area (Å²) in [5.41, 5.74) is 1.35. The van der Waals surface area contributed by atoms with Crippen molar-refractivity contribution in [3.8, 4) is 0 Å². The number of hydrogen-bond acceptors (Lipinski definition) is 4. The minimum Gasteiger partial charge on any atom is -0.332 e. The van der Waals surface area contributed by atoms with Gasteiger partial charge < -0.3 is 9.88 Å². The summed E-state index contributed by atoms with van der Waals surface area (Å²) in [5, 5.41) is 0. The quantitative estimate of drug-likeness (QED) is 0.826. The minimum absolute atomic E-state index is 0.00562. The SMILES string of the molecule is CC1CCC(N2CCc3nc(C4CCCN4C(=O)C(C)(C)C)[nH]c(=O)c3C2)CC1. The molecule has 0 spiro atoms. The number of fused-ring (bicyclic) bond motifs is 1. The van der Waals surface area contributed by atoms with E-state index in [0.717, 1.165) is 49.5 Å². The van der Waals surface area contributed by atoms with Gasteiger partial charge >= 0.3 is 0 Å². The lowest BCUT2D eigenvalue weighted by Gasteiger charge is -2.38. The molecule has 1 atom stereocenters. The Bertz CT molecular complexity index is 817. The molecular formula is C23H36N4O2. The third-order valence-electron chi connectivity index (χ3n) is 7.09. The fraction of sp³-hybridized carbons (Fsp3) is 0.783. The van der Waals surface area contributed by atoms with Crippen LogP contribution in [0, 0.1) is 11.3 Å². The van der Waals surface area contributed by atoms with Gasteiger partial charge in [-0.25, -0.2) is 4.98 Å². The van der Waals surface area contributed by atoms with Crippen LogP contribution in [-0.4, -0.2) is 44.8 Å². The molecule has 1 unspecified atom stereocenters. The van der Waals surface area contributed by atoms with Crippen LogP contribution in [0.3, 0.4) is 0 Å². The lowest BCUT2D eigenvalue weighted by atomic mass is 9.86. The Morgan fingerprint density at radius 2 is 1.83 bits per heavy atom. The van der Waals surface area contributed by atoms with E-state index in [2.05, 4.69) is 16.8 Å². The molecule has 6 heteroatoms. The maximum absolute atomic E-state index is 13.0. The Morgan fingerprint density at radius 3 is 2.52 bits per heavy atom. The van der Waals surface area contributed by atoms with E-state index in [1.54, 1.807) is 0 Å². The van der Waals surface area contributed by atoms with E-state index in [0.29, 0.717) is 18.4 Å². The molecule has 1 aromatic heterocycles. The number of rotatable bonds is 2. The van der Waals surface area contributed by atoms with Gasteiger partial charge in [0.1, 0.15) is 5.82 Å². The second-order valence-corrected chi connectivity index (χ2v) is 10.4. The van der Waals surface area contributed by atoms with Gasteiger partial charge in [-0.2, -0.15) is 0 Å². The van der Waals surface area contributed by atoms with Gasteiger partial charge in [-0.15, -0.1) is 0 Å². The molecule has 160 valence electrons. The highest BCUT2D eigenvalue weighted by atomic mass is 16.2. The van der Waals surface area contributed by atoms with Gasteiger partial charge in [0.25, 0.3) is 5.56 Å². The number of carbonyl (C=O) groups excluding carboxylic acids is 1. The van der Waals surface area contributed by atoms with E-state index in [-0.39, 0.29) is 17.5 Å². The Morgan fingerprint density at radius 1 is 1.10 bits per heavy atom. The number of H-pyrrole nitrogens is 1. The number of aromatic amines is 1. The molecule has 4 rings (SSSR count). The zero-order chi connectivity index (χ0) is 20.8. The molecule has 1 aromatic rings. The molecule has 1 amide bonds. The van der Waals surface area contributed by atoms with Gasteiger partial charge in [-0.05, 0) is 44.4 Å². The van der Waals surface area contributed by atoms with Gasteiger partial charge in [0.2, 0.25) is 5.91 Å². The average molecular weight is 401 g/mol. The highest BCUT2D eigenvalue weighted by Crippen LogP contribution is 2.34. The molecular weight excluding hydrogens is 364 g/mol. The first-order valence-corrected chi connectivity index (χ1v) is 11.4. The first kappa shape index (κ1) is 20.6. The van der Waals surface area contributed by atoms with Gasteiger partial charge in [0.15, 0.2) is 0 Å². The zero-order valence-corrected chi connectivity index (χ0v) is 18.5. The molecule has 1 N–H and O–H groups in total. The third-order valence-corrected chi connectivity index (χ3v) is 7.09. The van der Waals surface area contributed by atoms with Gasteiger partial charge in [0, 0.05) is 37.5 Å². The van der Waals surface area contributed by atoms with E-state index >= 15 is 0 Å². The van der Waals surface area contributed by atoms with Crippen molar-refractivity contribution < 1.29 is 4.79 Å². The molecule has 0 radical (unpaired) electrons. The summed E-state index contributed by atoms with van der Waals surface area (Å²) in [5.74, 6) is 1.66. The van der Waals surface area contributed by atoms with E-state index in [4.69, 9.17) is 4.98 Å². The number of hydrogen-bond donors (Lipinski definition) is 1. The van der Waals surface area contributed by atoms with E-state index in [1.807, 2.05) is 25.7 Å². The third kappa shape index (κ3) is 4.14. The van der Waals surface area contributed by atoms with Crippen molar-refractivity contribution in [2.24, 2.45) is 11.3 Å². The van der Waals surface area contributed by atoms with E-state index < -0.39 is 5.41 Å². The van der Waals surface area contributed by atoms with Gasteiger partial charge in [-0.1, -0.05) is 27.7 Å². The highest BCUT2D eigenvalue weighted by Gasteiger charge is 2.38. The summed E-state index contributed by atoms with van der Waals surface area (Å²) in [6, 6.07) is 0.505. The zero-order valence-electron chi connectivity index (χ0n) is 18.5. The molecule has 0 bridgehead atoms. The van der Waals surface area contributed by atoms with Crippen molar-refractivity contribution >= 4 is 5.91 Å². The van der Waals surface area contributed by atoms with Crippen molar-refractivity contribution in [1.82, 2.24) is 19.8 Å². The van der Waals surface area contributed by atoms with Crippen molar-refractivity contribution in [2.45, 2.75) is 91.3 Å². The molecule has 1 saturated heterocycles. The van der Waals surface area contributed by atoms with E-state index in [1.165, 1.54) is 25.7 Å². The van der Waals surface area contributed by atoms with Crippen molar-refractivity contribution in [1.29, 1.82) is 0 Å². The second-order valence-electron chi connectivity index (χ2n) is 10.4. The van der Waals surface area contributed by atoms with Crippen LogP contribution in [0.15, 0.2) is 4.79 Å². The molecule has 1 saturated carbocycles. The van der Waals surface area contributed by atoms with E-state index in [9.17, 15) is 9.59 Å². The number of aromatic nitrogens is 2. The van der Waals surface area contributed by atoms with Crippen LogP contribution < -0.4 is 5.56 Å². The maximum Gasteiger partial charge on any atom is 0.255 e. The summed E-state index contributed by atoms with van der Waals surface area (Å²) in [7, 11) is 0. The molecule has 3 heterocycles. The van der Waals surface area contributed by atoms with Crippen LogP contribution in [0.1, 0.15) is 89.3 Å². The Hall–Kier alpha value is -1.69. The van der Waals surface area contributed by atoms with Crippen LogP contribution in [0.25, 0.3) is 0 Å². The Labute approximate surface area is 174 Å². The number of carbonyl (C=O) groups is 1. The highest BCUT2D eigenvalue weighted by molar-refractivity contribution is 5.82. The monoisotopic (exact) mass is 400 g/mol. The van der Waals surface area contributed by atoms with Crippen molar-refractivity contribution in [3.05, 3.63) is 27.4 Å². The molecule has 3 aliphatic rings. The summed E-state index contributed by atoms with van der Waals surface area (Å²) >= 11 is 0. The molecule has 6 nitrogen and oxygen atoms in total. The van der Waals surface area contributed by atoms with Gasteiger partial charge in [-0.3, -0.25) is 14.5 Å². The summed E-state index contributed by atoms with van der Waals surface area (Å²) in [6.07, 6.45) is 7.73. The average Bonchev–Trinajstić information content (AvgIpc) is 3.16. The number of amides is 1. The fourth-order valence-corrected chi connectivity index (χ4v) is 5.27. The summed E-state index contributed by atoms with van der Waals surface area (Å²) in [4.78, 5) is 38.2. The summed E-state index contributed by atoms with van der Waals surface area (Å²) < 4.78 is 0. The molecule has 29 heavy (non-hydrogen) atoms.